The van der Waals surface area contributed by atoms with Crippen LogP contribution in [0.15, 0.2) is 65.6 Å². The summed E-state index contributed by atoms with van der Waals surface area (Å²) in [5, 5.41) is 0.780. The van der Waals surface area contributed by atoms with Gasteiger partial charge < -0.3 is 0 Å². The van der Waals surface area contributed by atoms with Crippen LogP contribution in [0.1, 0.15) is 5.69 Å². The Hall–Kier alpha value is -2.40. The van der Waals surface area contributed by atoms with Crippen LogP contribution in [-0.2, 0) is 10.0 Å². The lowest BCUT2D eigenvalue weighted by atomic mass is 10.2. The molecule has 3 aromatic rings. The number of sulfonamides is 1. The van der Waals surface area contributed by atoms with Gasteiger partial charge >= 0.3 is 0 Å². The van der Waals surface area contributed by atoms with Gasteiger partial charge in [0.25, 0.3) is 10.0 Å². The first kappa shape index (κ1) is 13.6. The lowest BCUT2D eigenvalue weighted by molar-refractivity contribution is 0.601. The highest BCUT2D eigenvalue weighted by Gasteiger charge is 2.15. The molecule has 0 bridgehead atoms. The smallest absolute Gasteiger partial charge is 0.261 e. The maximum absolute atomic E-state index is 12.4. The topological polar surface area (TPSA) is 59.1 Å². The second kappa shape index (κ2) is 5.18. The Morgan fingerprint density at radius 2 is 1.62 bits per heavy atom. The standard InChI is InChI=1S/C16H14N2O2S/c1-12-11-16(14-9-5-6-10-15(14)17-12)18-21(19,20)13-7-3-2-4-8-13/h2-11H,1H3,(H,17,18). The number of hydrogen-bond acceptors (Lipinski definition) is 3. The third-order valence-electron chi connectivity index (χ3n) is 3.14. The van der Waals surface area contributed by atoms with Crippen molar-refractivity contribution in [2.45, 2.75) is 11.8 Å². The number of benzene rings is 2. The molecule has 5 heteroatoms. The third kappa shape index (κ3) is 2.73. The fourth-order valence-electron chi connectivity index (χ4n) is 2.20. The zero-order chi connectivity index (χ0) is 14.9. The van der Waals surface area contributed by atoms with E-state index in [1.54, 1.807) is 36.4 Å². The molecule has 0 saturated heterocycles. The molecule has 0 atom stereocenters. The average Bonchev–Trinajstić information content (AvgIpc) is 2.47. The van der Waals surface area contributed by atoms with Crippen LogP contribution in [0.2, 0.25) is 0 Å². The quantitative estimate of drug-likeness (QED) is 0.806. The minimum Gasteiger partial charge on any atom is -0.279 e. The largest absolute Gasteiger partial charge is 0.279 e. The van der Waals surface area contributed by atoms with E-state index in [0.717, 1.165) is 16.6 Å². The van der Waals surface area contributed by atoms with Gasteiger partial charge in [0, 0.05) is 11.1 Å². The Kier molecular flexibility index (Phi) is 3.35. The maximum Gasteiger partial charge on any atom is 0.261 e. The predicted octanol–water partition coefficient (Wildman–Crippen LogP) is 3.34. The number of pyridine rings is 1. The summed E-state index contributed by atoms with van der Waals surface area (Å²) in [5.74, 6) is 0. The molecular formula is C16H14N2O2S. The summed E-state index contributed by atoms with van der Waals surface area (Å²) in [7, 11) is -3.60. The highest BCUT2D eigenvalue weighted by Crippen LogP contribution is 2.25. The molecule has 1 heterocycles. The molecule has 3 rings (SSSR count). The van der Waals surface area contributed by atoms with Crippen molar-refractivity contribution in [1.82, 2.24) is 4.98 Å². The van der Waals surface area contributed by atoms with Gasteiger partial charge in [-0.15, -0.1) is 0 Å². The summed E-state index contributed by atoms with van der Waals surface area (Å²) in [4.78, 5) is 4.64. The Balaban J connectivity index is 2.10. The van der Waals surface area contributed by atoms with Crippen molar-refractivity contribution in [3.05, 3.63) is 66.4 Å². The van der Waals surface area contributed by atoms with Crippen LogP contribution in [0.4, 0.5) is 5.69 Å². The van der Waals surface area contributed by atoms with E-state index in [0.29, 0.717) is 5.69 Å². The van der Waals surface area contributed by atoms with Crippen LogP contribution in [0.25, 0.3) is 10.9 Å². The summed E-state index contributed by atoms with van der Waals surface area (Å²) in [6, 6.07) is 17.5. The van der Waals surface area contributed by atoms with Gasteiger partial charge in [0.05, 0.1) is 16.1 Å². The summed E-state index contributed by atoms with van der Waals surface area (Å²) < 4.78 is 27.5. The van der Waals surface area contributed by atoms with Gasteiger partial charge in [0.1, 0.15) is 0 Å². The normalized spacial score (nSPS) is 11.5. The molecule has 0 amide bonds. The van der Waals surface area contributed by atoms with Gasteiger partial charge in [-0.1, -0.05) is 36.4 Å². The van der Waals surface area contributed by atoms with Crippen LogP contribution in [0.5, 0.6) is 0 Å². The Morgan fingerprint density at radius 3 is 2.38 bits per heavy atom. The summed E-state index contributed by atoms with van der Waals surface area (Å²) >= 11 is 0. The molecule has 0 fully saturated rings. The molecule has 1 aromatic heterocycles. The predicted molar refractivity (Wildman–Crippen MR) is 83.7 cm³/mol. The van der Waals surface area contributed by atoms with Gasteiger partial charge in [-0.3, -0.25) is 9.71 Å². The third-order valence-corrected chi connectivity index (χ3v) is 4.52. The van der Waals surface area contributed by atoms with Gasteiger partial charge in [-0.25, -0.2) is 8.42 Å². The van der Waals surface area contributed by atoms with Crippen molar-refractivity contribution < 1.29 is 8.42 Å². The first-order valence-electron chi connectivity index (χ1n) is 6.50. The number of aryl methyl sites for hydroxylation is 1. The number of fused-ring (bicyclic) bond motifs is 1. The van der Waals surface area contributed by atoms with E-state index < -0.39 is 10.0 Å². The molecule has 2 aromatic carbocycles. The number of rotatable bonds is 3. The second-order valence-corrected chi connectivity index (χ2v) is 6.43. The van der Waals surface area contributed by atoms with Gasteiger partial charge in [0.2, 0.25) is 0 Å². The molecular weight excluding hydrogens is 284 g/mol. The highest BCUT2D eigenvalue weighted by molar-refractivity contribution is 7.92. The molecule has 4 nitrogen and oxygen atoms in total. The fraction of sp³-hybridized carbons (Fsp3) is 0.0625. The van der Waals surface area contributed by atoms with Crippen molar-refractivity contribution in [3.8, 4) is 0 Å². The monoisotopic (exact) mass is 298 g/mol. The lowest BCUT2D eigenvalue weighted by Gasteiger charge is -2.11. The van der Waals surface area contributed by atoms with E-state index in [2.05, 4.69) is 9.71 Å². The van der Waals surface area contributed by atoms with Crippen molar-refractivity contribution in [1.29, 1.82) is 0 Å². The minimum absolute atomic E-state index is 0.239. The molecule has 0 radical (unpaired) electrons. The minimum atomic E-state index is -3.60. The van der Waals surface area contributed by atoms with Crippen LogP contribution in [-0.4, -0.2) is 13.4 Å². The second-order valence-electron chi connectivity index (χ2n) is 4.75. The van der Waals surface area contributed by atoms with Gasteiger partial charge in [-0.2, -0.15) is 0 Å². The number of hydrogen-bond donors (Lipinski definition) is 1. The van der Waals surface area contributed by atoms with Crippen LogP contribution in [0, 0.1) is 6.92 Å². The number of para-hydroxylation sites is 1. The van der Waals surface area contributed by atoms with E-state index in [1.165, 1.54) is 0 Å². The highest BCUT2D eigenvalue weighted by atomic mass is 32.2. The summed E-state index contributed by atoms with van der Waals surface area (Å²) in [6.45, 7) is 1.84. The SMILES string of the molecule is Cc1cc(NS(=O)(=O)c2ccccc2)c2ccccc2n1. The molecule has 106 valence electrons. The summed E-state index contributed by atoms with van der Waals surface area (Å²) in [5.41, 5.74) is 2.07. The molecule has 0 spiro atoms. The Labute approximate surface area is 123 Å². The summed E-state index contributed by atoms with van der Waals surface area (Å²) in [6.07, 6.45) is 0. The maximum atomic E-state index is 12.4. The zero-order valence-electron chi connectivity index (χ0n) is 11.4. The van der Waals surface area contributed by atoms with E-state index in [1.807, 2.05) is 31.2 Å². The van der Waals surface area contributed by atoms with E-state index >= 15 is 0 Å². The van der Waals surface area contributed by atoms with Crippen molar-refractivity contribution >= 4 is 26.6 Å². The van der Waals surface area contributed by atoms with E-state index in [4.69, 9.17) is 0 Å². The van der Waals surface area contributed by atoms with Gasteiger partial charge in [-0.05, 0) is 31.2 Å². The number of nitrogens with one attached hydrogen (secondary N) is 1. The lowest BCUT2D eigenvalue weighted by Crippen LogP contribution is -2.13. The van der Waals surface area contributed by atoms with Crippen LogP contribution >= 0.6 is 0 Å². The number of aromatic nitrogens is 1. The van der Waals surface area contributed by atoms with Crippen molar-refractivity contribution in [2.75, 3.05) is 4.72 Å². The average molecular weight is 298 g/mol. The molecule has 0 saturated carbocycles. The molecule has 1 N–H and O–H groups in total. The molecule has 0 aliphatic rings. The molecule has 0 aliphatic heterocycles. The fourth-order valence-corrected chi connectivity index (χ4v) is 3.29. The van der Waals surface area contributed by atoms with Crippen molar-refractivity contribution in [3.63, 3.8) is 0 Å². The van der Waals surface area contributed by atoms with Crippen LogP contribution in [0.3, 0.4) is 0 Å². The molecule has 0 unspecified atom stereocenters. The molecule has 0 aliphatic carbocycles. The van der Waals surface area contributed by atoms with Crippen molar-refractivity contribution in [2.24, 2.45) is 0 Å². The van der Waals surface area contributed by atoms with E-state index in [-0.39, 0.29) is 4.90 Å². The first-order valence-corrected chi connectivity index (χ1v) is 7.99. The van der Waals surface area contributed by atoms with Crippen LogP contribution < -0.4 is 4.72 Å². The van der Waals surface area contributed by atoms with E-state index in [9.17, 15) is 8.42 Å². The van der Waals surface area contributed by atoms with Gasteiger partial charge in [0.15, 0.2) is 0 Å². The first-order chi connectivity index (χ1) is 10.1. The number of anilines is 1. The number of nitrogens with zero attached hydrogens (tertiary/aromatic N) is 1. The zero-order valence-corrected chi connectivity index (χ0v) is 12.3. The Bertz CT molecular complexity index is 891. The Morgan fingerprint density at radius 1 is 0.952 bits per heavy atom. The molecule has 21 heavy (non-hydrogen) atoms.